The summed E-state index contributed by atoms with van der Waals surface area (Å²) < 4.78 is 11.1. The third kappa shape index (κ3) is 12.8. The Morgan fingerprint density at radius 1 is 0.935 bits per heavy atom. The van der Waals surface area contributed by atoms with Crippen molar-refractivity contribution in [1.29, 1.82) is 0 Å². The van der Waals surface area contributed by atoms with E-state index in [0.29, 0.717) is 40.6 Å². The van der Waals surface area contributed by atoms with Crippen LogP contribution in [0.25, 0.3) is 0 Å². The van der Waals surface area contributed by atoms with E-state index >= 15 is 0 Å². The van der Waals surface area contributed by atoms with Crippen LogP contribution < -0.4 is 11.1 Å². The Balaban J connectivity index is 0.000000318. The predicted molar refractivity (Wildman–Crippen MR) is 193 cm³/mol. The smallest absolute Gasteiger partial charge is 0.338 e. The molecule has 0 aliphatic heterocycles. The maximum Gasteiger partial charge on any atom is 0.338 e. The first-order valence-corrected chi connectivity index (χ1v) is 17.6. The Morgan fingerprint density at radius 2 is 1.59 bits per heavy atom. The second-order valence-corrected chi connectivity index (χ2v) is 13.1. The first-order valence-electron chi connectivity index (χ1n) is 16.1. The lowest BCUT2D eigenvalue weighted by Gasteiger charge is -2.34. The van der Waals surface area contributed by atoms with Crippen molar-refractivity contribution in [3.63, 3.8) is 0 Å². The summed E-state index contributed by atoms with van der Waals surface area (Å²) in [7, 11) is 0. The van der Waals surface area contributed by atoms with E-state index in [1.54, 1.807) is 18.2 Å². The highest BCUT2D eigenvalue weighted by Crippen LogP contribution is 2.33. The predicted octanol–water partition coefficient (Wildman–Crippen LogP) is 10.2. The van der Waals surface area contributed by atoms with Gasteiger partial charge in [0.15, 0.2) is 0 Å². The summed E-state index contributed by atoms with van der Waals surface area (Å²) in [5.41, 5.74) is 10.3. The van der Waals surface area contributed by atoms with Gasteiger partial charge in [-0.3, -0.25) is 9.69 Å². The molecule has 7 nitrogen and oxygen atoms in total. The van der Waals surface area contributed by atoms with Crippen molar-refractivity contribution in [3.8, 4) is 0 Å². The number of nitrogen functional groups attached to an aromatic ring is 1. The summed E-state index contributed by atoms with van der Waals surface area (Å²) in [6.07, 6.45) is 9.82. The van der Waals surface area contributed by atoms with E-state index in [-0.39, 0.29) is 11.9 Å². The summed E-state index contributed by atoms with van der Waals surface area (Å²) >= 11 is 15.6. The summed E-state index contributed by atoms with van der Waals surface area (Å²) in [5.74, 6) is -0.598. The molecule has 0 unspecified atom stereocenters. The SMILES string of the molecule is CCCN(Cc1cc(C(=O)OCCCCCOC(C)=O)cc(Br)c1N)C1CCCCC1.Clc1cccc(Cl)c1Nc1ccccc1. The van der Waals surface area contributed by atoms with Crippen LogP contribution in [0.1, 0.15) is 87.6 Å². The van der Waals surface area contributed by atoms with Crippen LogP contribution in [0, 0.1) is 0 Å². The van der Waals surface area contributed by atoms with E-state index in [0.717, 1.165) is 60.2 Å². The molecule has 0 aromatic heterocycles. The molecule has 46 heavy (non-hydrogen) atoms. The largest absolute Gasteiger partial charge is 0.466 e. The van der Waals surface area contributed by atoms with Gasteiger partial charge in [-0.1, -0.05) is 73.7 Å². The van der Waals surface area contributed by atoms with Gasteiger partial charge in [-0.05, 0) is 103 Å². The van der Waals surface area contributed by atoms with Crippen molar-refractivity contribution in [2.75, 3.05) is 30.8 Å². The maximum absolute atomic E-state index is 12.6. The molecule has 10 heteroatoms. The normalized spacial score (nSPS) is 13.1. The van der Waals surface area contributed by atoms with Gasteiger partial charge in [-0.15, -0.1) is 0 Å². The highest BCUT2D eigenvalue weighted by Gasteiger charge is 2.22. The lowest BCUT2D eigenvalue weighted by atomic mass is 9.93. The van der Waals surface area contributed by atoms with Crippen LogP contribution in [0.5, 0.6) is 0 Å². The molecular weight excluding hydrogens is 689 g/mol. The molecule has 1 aliphatic carbocycles. The van der Waals surface area contributed by atoms with Crippen LogP contribution in [-0.4, -0.2) is 42.6 Å². The molecule has 250 valence electrons. The van der Waals surface area contributed by atoms with E-state index in [4.69, 9.17) is 38.4 Å². The molecule has 0 spiro atoms. The van der Waals surface area contributed by atoms with Gasteiger partial charge in [0.25, 0.3) is 0 Å². The quantitative estimate of drug-likeness (QED) is 0.0967. The number of rotatable bonds is 14. The minimum absolute atomic E-state index is 0.267. The van der Waals surface area contributed by atoms with Gasteiger partial charge in [0.2, 0.25) is 0 Å². The highest BCUT2D eigenvalue weighted by molar-refractivity contribution is 9.10. The van der Waals surface area contributed by atoms with E-state index in [1.807, 2.05) is 42.5 Å². The number of para-hydroxylation sites is 2. The molecule has 0 radical (unpaired) electrons. The van der Waals surface area contributed by atoms with Crippen molar-refractivity contribution in [2.24, 2.45) is 0 Å². The highest BCUT2D eigenvalue weighted by atomic mass is 79.9. The number of carbonyl (C=O) groups is 2. The molecule has 3 N–H and O–H groups in total. The van der Waals surface area contributed by atoms with Crippen molar-refractivity contribution < 1.29 is 19.1 Å². The number of nitrogens with zero attached hydrogens (tertiary/aromatic N) is 1. The number of benzene rings is 3. The molecule has 1 fully saturated rings. The number of esters is 2. The van der Waals surface area contributed by atoms with Crippen molar-refractivity contribution in [3.05, 3.63) is 86.3 Å². The van der Waals surface area contributed by atoms with Crippen LogP contribution in [0.3, 0.4) is 0 Å². The van der Waals surface area contributed by atoms with Crippen molar-refractivity contribution >= 4 is 68.1 Å². The number of carbonyl (C=O) groups excluding carboxylic acids is 2. The monoisotopic (exact) mass is 733 g/mol. The molecule has 0 saturated heterocycles. The number of anilines is 3. The van der Waals surface area contributed by atoms with E-state index in [9.17, 15) is 9.59 Å². The van der Waals surface area contributed by atoms with E-state index in [2.05, 4.69) is 33.1 Å². The second kappa shape index (κ2) is 20.5. The number of nitrogens with two attached hydrogens (primary N) is 1. The summed E-state index contributed by atoms with van der Waals surface area (Å²) in [4.78, 5) is 25.9. The lowest BCUT2D eigenvalue weighted by Crippen LogP contribution is -2.37. The summed E-state index contributed by atoms with van der Waals surface area (Å²) in [6, 6.07) is 19.4. The number of halogens is 3. The Labute approximate surface area is 292 Å². The third-order valence-electron chi connectivity index (χ3n) is 7.76. The van der Waals surface area contributed by atoms with Gasteiger partial charge >= 0.3 is 11.9 Å². The van der Waals surface area contributed by atoms with Crippen LogP contribution in [0.15, 0.2) is 65.1 Å². The minimum atomic E-state index is -0.332. The van der Waals surface area contributed by atoms with Gasteiger partial charge in [0, 0.05) is 29.7 Å². The Hall–Kier alpha value is -2.78. The van der Waals surface area contributed by atoms with Crippen LogP contribution in [-0.2, 0) is 20.8 Å². The van der Waals surface area contributed by atoms with E-state index < -0.39 is 0 Å². The average Bonchev–Trinajstić information content (AvgIpc) is 3.05. The number of hydrogen-bond acceptors (Lipinski definition) is 7. The molecule has 1 aliphatic rings. The zero-order chi connectivity index (χ0) is 33.3. The summed E-state index contributed by atoms with van der Waals surface area (Å²) in [6.45, 7) is 6.14. The Bertz CT molecular complexity index is 1370. The third-order valence-corrected chi connectivity index (χ3v) is 9.05. The topological polar surface area (TPSA) is 93.9 Å². The van der Waals surface area contributed by atoms with Crippen LogP contribution in [0.2, 0.25) is 10.0 Å². The molecule has 4 rings (SSSR count). The van der Waals surface area contributed by atoms with Gasteiger partial charge < -0.3 is 20.5 Å². The number of ether oxygens (including phenoxy) is 2. The molecule has 0 amide bonds. The average molecular weight is 736 g/mol. The zero-order valence-corrected chi connectivity index (χ0v) is 29.9. The number of unbranched alkanes of at least 4 members (excludes halogenated alkanes) is 2. The molecular formula is C36H46BrCl2N3O4. The van der Waals surface area contributed by atoms with Crippen LogP contribution >= 0.6 is 39.1 Å². The van der Waals surface area contributed by atoms with Crippen LogP contribution in [0.4, 0.5) is 17.1 Å². The van der Waals surface area contributed by atoms with Gasteiger partial charge in [0.05, 0.1) is 40.2 Å². The Morgan fingerprint density at radius 3 is 2.22 bits per heavy atom. The van der Waals surface area contributed by atoms with Gasteiger partial charge in [-0.2, -0.15) is 0 Å². The fraction of sp³-hybridized carbons (Fsp3) is 0.444. The van der Waals surface area contributed by atoms with Crippen molar-refractivity contribution in [1.82, 2.24) is 4.90 Å². The standard InChI is InChI=1S/C24H37BrN2O4.C12H9Cl2N/c1-3-12-27(21-10-6-4-7-11-21)17-20-15-19(16-22(25)23(20)26)24(29)31-14-9-5-8-13-30-18(2)28;13-10-7-4-8-11(14)12(10)15-9-5-2-1-3-6-9/h15-16,21H,3-14,17,26H2,1-2H3;1-8,15H. The van der Waals surface area contributed by atoms with Crippen molar-refractivity contribution in [2.45, 2.75) is 84.2 Å². The molecule has 3 aromatic carbocycles. The number of hydrogen-bond donors (Lipinski definition) is 2. The molecule has 0 heterocycles. The lowest BCUT2D eigenvalue weighted by molar-refractivity contribution is -0.141. The van der Waals surface area contributed by atoms with E-state index in [1.165, 1.54) is 39.0 Å². The first kappa shape index (κ1) is 37.7. The molecule has 0 atom stereocenters. The fourth-order valence-corrected chi connectivity index (χ4v) is 6.39. The number of nitrogens with one attached hydrogen (secondary N) is 1. The fourth-order valence-electron chi connectivity index (χ4n) is 5.39. The van der Waals surface area contributed by atoms with Gasteiger partial charge in [0.1, 0.15) is 0 Å². The molecule has 3 aromatic rings. The second-order valence-electron chi connectivity index (χ2n) is 11.4. The first-order chi connectivity index (χ1) is 22.2. The summed E-state index contributed by atoms with van der Waals surface area (Å²) in [5, 5.41) is 4.41. The zero-order valence-electron chi connectivity index (χ0n) is 26.8. The molecule has 0 bridgehead atoms. The maximum atomic E-state index is 12.6. The Kier molecular flexibility index (Phi) is 16.8. The molecule has 1 saturated carbocycles. The minimum Gasteiger partial charge on any atom is -0.466 e. The van der Waals surface area contributed by atoms with Gasteiger partial charge in [-0.25, -0.2) is 4.79 Å².